The van der Waals surface area contributed by atoms with E-state index in [1.807, 2.05) is 12.3 Å². The molecule has 0 aliphatic rings. The normalized spacial score (nSPS) is 12.3. The van der Waals surface area contributed by atoms with Crippen LogP contribution in [0, 0.1) is 0 Å². The molecule has 0 saturated heterocycles. The van der Waals surface area contributed by atoms with E-state index in [0.29, 0.717) is 5.47 Å². The molecule has 0 aromatic carbocycles. The zero-order valence-electron chi connectivity index (χ0n) is 6.00. The van der Waals surface area contributed by atoms with Crippen molar-refractivity contribution >= 4 is 19.6 Å². The topological polar surface area (TPSA) is 26.0 Å². The summed E-state index contributed by atoms with van der Waals surface area (Å²) in [4.78, 5) is 0.978. The summed E-state index contributed by atoms with van der Waals surface area (Å²) in [6.07, 6.45) is 7.02. The van der Waals surface area contributed by atoms with Gasteiger partial charge in [0.15, 0.2) is 0 Å². The van der Waals surface area contributed by atoms with Gasteiger partial charge in [-0.2, -0.15) is 0 Å². The first kappa shape index (κ1) is 9.43. The Bertz CT molecular complexity index is 172. The van der Waals surface area contributed by atoms with E-state index in [0.717, 1.165) is 4.91 Å². The maximum absolute atomic E-state index is 5.29. The monoisotopic (exact) mass is 151 g/mol. The van der Waals surface area contributed by atoms with E-state index in [1.165, 1.54) is 6.20 Å². The van der Waals surface area contributed by atoms with Crippen molar-refractivity contribution in [2.75, 3.05) is 6.26 Å². The molecule has 0 fully saturated rings. The maximum Gasteiger partial charge on any atom is 0.112 e. The van der Waals surface area contributed by atoms with Gasteiger partial charge in [0.1, 0.15) is 7.85 Å². The second-order valence-electron chi connectivity index (χ2n) is 1.68. The molecule has 0 atom stereocenters. The Morgan fingerprint density at radius 2 is 2.20 bits per heavy atom. The van der Waals surface area contributed by atoms with Gasteiger partial charge in [-0.05, 0) is 12.3 Å². The van der Waals surface area contributed by atoms with E-state index in [4.69, 9.17) is 13.6 Å². The molecule has 0 spiro atoms. The number of allylic oxidation sites excluding steroid dienone is 3. The third-order valence-corrected chi connectivity index (χ3v) is 1.61. The summed E-state index contributed by atoms with van der Waals surface area (Å²) in [5.74, 6) is 0. The smallest absolute Gasteiger partial charge is 0.112 e. The minimum atomic E-state index is 0.536. The summed E-state index contributed by atoms with van der Waals surface area (Å²) in [6.45, 7) is 3.51. The highest BCUT2D eigenvalue weighted by molar-refractivity contribution is 8.02. The lowest BCUT2D eigenvalue weighted by atomic mass is 9.98. The van der Waals surface area contributed by atoms with Gasteiger partial charge in [0, 0.05) is 11.1 Å². The van der Waals surface area contributed by atoms with Gasteiger partial charge < -0.3 is 5.73 Å². The highest BCUT2D eigenvalue weighted by atomic mass is 32.2. The molecule has 3 heteroatoms. The van der Waals surface area contributed by atoms with Gasteiger partial charge in [-0.25, -0.2) is 0 Å². The molecule has 0 aromatic heterocycles. The first-order valence-corrected chi connectivity index (χ1v) is 4.01. The van der Waals surface area contributed by atoms with Gasteiger partial charge in [-0.15, -0.1) is 23.8 Å². The molecule has 0 bridgehead atoms. The van der Waals surface area contributed by atoms with E-state index in [-0.39, 0.29) is 0 Å². The molecule has 2 N–H and O–H groups in total. The average molecular weight is 151 g/mol. The quantitative estimate of drug-likeness (QED) is 0.487. The molecule has 0 amide bonds. The van der Waals surface area contributed by atoms with Crippen molar-refractivity contribution < 1.29 is 0 Å². The third kappa shape index (κ3) is 4.33. The lowest BCUT2D eigenvalue weighted by Gasteiger charge is -1.92. The van der Waals surface area contributed by atoms with Crippen molar-refractivity contribution in [2.45, 2.75) is 0 Å². The largest absolute Gasteiger partial charge is 0.404 e. The fourth-order valence-electron chi connectivity index (χ4n) is 0.381. The SMILES string of the molecule is [B]C(=C)/C=C\C(=C/N)SC. The Balaban J connectivity index is 3.98. The van der Waals surface area contributed by atoms with Crippen LogP contribution in [0.2, 0.25) is 0 Å². The number of hydrogen-bond donors (Lipinski definition) is 1. The lowest BCUT2D eigenvalue weighted by Crippen LogP contribution is -1.81. The van der Waals surface area contributed by atoms with E-state index >= 15 is 0 Å². The molecule has 2 radical (unpaired) electrons. The van der Waals surface area contributed by atoms with E-state index < -0.39 is 0 Å². The zero-order chi connectivity index (χ0) is 7.98. The van der Waals surface area contributed by atoms with Crippen molar-refractivity contribution in [3.05, 3.63) is 35.3 Å². The van der Waals surface area contributed by atoms with Gasteiger partial charge in [0.05, 0.1) is 0 Å². The highest BCUT2D eigenvalue weighted by Gasteiger charge is 1.83. The Morgan fingerprint density at radius 1 is 1.60 bits per heavy atom. The molecule has 1 nitrogen and oxygen atoms in total. The van der Waals surface area contributed by atoms with Crippen molar-refractivity contribution in [1.82, 2.24) is 0 Å². The van der Waals surface area contributed by atoms with E-state index in [9.17, 15) is 0 Å². The summed E-state index contributed by atoms with van der Waals surface area (Å²) in [7, 11) is 5.29. The van der Waals surface area contributed by atoms with Crippen LogP contribution in [-0.2, 0) is 0 Å². The third-order valence-electron chi connectivity index (χ3n) is 0.862. The maximum atomic E-state index is 5.29. The number of hydrogen-bond acceptors (Lipinski definition) is 2. The summed E-state index contributed by atoms with van der Waals surface area (Å²) in [5, 5.41) is 0. The lowest BCUT2D eigenvalue weighted by molar-refractivity contribution is 1.58. The van der Waals surface area contributed by atoms with Gasteiger partial charge in [-0.3, -0.25) is 0 Å². The van der Waals surface area contributed by atoms with Crippen LogP contribution in [0.4, 0.5) is 0 Å². The molecule has 0 saturated carbocycles. The van der Waals surface area contributed by atoms with Gasteiger partial charge >= 0.3 is 0 Å². The second-order valence-corrected chi connectivity index (χ2v) is 2.56. The fraction of sp³-hybridized carbons (Fsp3) is 0.143. The van der Waals surface area contributed by atoms with Gasteiger partial charge in [0.25, 0.3) is 0 Å². The highest BCUT2D eigenvalue weighted by Crippen LogP contribution is 2.11. The summed E-state index contributed by atoms with van der Waals surface area (Å²) in [6, 6.07) is 0. The van der Waals surface area contributed by atoms with Crippen LogP contribution in [0.15, 0.2) is 35.3 Å². The number of nitrogens with two attached hydrogens (primary N) is 1. The second kappa shape index (κ2) is 5.24. The van der Waals surface area contributed by atoms with Crippen molar-refractivity contribution in [1.29, 1.82) is 0 Å². The van der Waals surface area contributed by atoms with Crippen molar-refractivity contribution in [2.24, 2.45) is 5.73 Å². The molecule has 10 heavy (non-hydrogen) atoms. The minimum absolute atomic E-state index is 0.536. The predicted octanol–water partition coefficient (Wildman–Crippen LogP) is 1.39. The molecule has 0 unspecified atom stereocenters. The Morgan fingerprint density at radius 3 is 2.50 bits per heavy atom. The molecular weight excluding hydrogens is 141 g/mol. The predicted molar refractivity (Wildman–Crippen MR) is 49.8 cm³/mol. The van der Waals surface area contributed by atoms with Crippen LogP contribution in [0.3, 0.4) is 0 Å². The van der Waals surface area contributed by atoms with Crippen LogP contribution < -0.4 is 5.73 Å². The summed E-state index contributed by atoms with van der Waals surface area (Å²) in [5.41, 5.74) is 5.80. The first-order chi connectivity index (χ1) is 4.70. The van der Waals surface area contributed by atoms with Crippen molar-refractivity contribution in [3.63, 3.8) is 0 Å². The standard InChI is InChI=1S/C7H10BNS/c1-6(8)3-4-7(5-9)10-2/h3-5H,1,9H2,2H3/b4-3-,7-5+. The Labute approximate surface area is 67.5 Å². The molecule has 52 valence electrons. The molecule has 0 rings (SSSR count). The minimum Gasteiger partial charge on any atom is -0.404 e. The van der Waals surface area contributed by atoms with Crippen LogP contribution >= 0.6 is 11.8 Å². The summed E-state index contributed by atoms with van der Waals surface area (Å²) < 4.78 is 0. The van der Waals surface area contributed by atoms with Crippen LogP contribution in [0.1, 0.15) is 0 Å². The van der Waals surface area contributed by atoms with Crippen LogP contribution in [0.25, 0.3) is 0 Å². The van der Waals surface area contributed by atoms with Gasteiger partial charge in [0.2, 0.25) is 0 Å². The fourth-order valence-corrected chi connectivity index (χ4v) is 0.721. The molecule has 0 aliphatic heterocycles. The number of thioether (sulfide) groups is 1. The molecule has 0 aromatic rings. The van der Waals surface area contributed by atoms with Gasteiger partial charge in [-0.1, -0.05) is 6.08 Å². The van der Waals surface area contributed by atoms with E-state index in [2.05, 4.69) is 6.58 Å². The number of rotatable bonds is 3. The van der Waals surface area contributed by atoms with E-state index in [1.54, 1.807) is 17.8 Å². The van der Waals surface area contributed by atoms with Crippen molar-refractivity contribution in [3.8, 4) is 0 Å². The Kier molecular flexibility index (Phi) is 4.94. The molecular formula is C7H10BNS. The van der Waals surface area contributed by atoms with Crippen LogP contribution in [0.5, 0.6) is 0 Å². The molecule has 0 aliphatic carbocycles. The average Bonchev–Trinajstić information content (AvgIpc) is 1.90. The summed E-state index contributed by atoms with van der Waals surface area (Å²) >= 11 is 1.56. The zero-order valence-corrected chi connectivity index (χ0v) is 6.82. The first-order valence-electron chi connectivity index (χ1n) is 2.79. The molecule has 0 heterocycles. The Hall–Kier alpha value is -0.565. The van der Waals surface area contributed by atoms with Crippen LogP contribution in [-0.4, -0.2) is 14.1 Å².